The van der Waals surface area contributed by atoms with Gasteiger partial charge in [-0.05, 0) is 42.5 Å². The Morgan fingerprint density at radius 3 is 2.54 bits per heavy atom. The number of piperidine rings is 1. The molecule has 176 valence electrons. The number of anilines is 3. The first-order chi connectivity index (χ1) is 16.9. The quantitative estimate of drug-likeness (QED) is 0.336. The van der Waals surface area contributed by atoms with Gasteiger partial charge >= 0.3 is 5.97 Å². The van der Waals surface area contributed by atoms with Crippen LogP contribution in [0.1, 0.15) is 46.5 Å². The van der Waals surface area contributed by atoms with E-state index in [4.69, 9.17) is 4.52 Å². The summed E-state index contributed by atoms with van der Waals surface area (Å²) in [5.74, 6) is 0.531. The van der Waals surface area contributed by atoms with Crippen molar-refractivity contribution in [1.82, 2.24) is 5.16 Å². The first-order valence-corrected chi connectivity index (χ1v) is 11.9. The van der Waals surface area contributed by atoms with E-state index in [0.717, 1.165) is 24.3 Å². The first-order valence-electron chi connectivity index (χ1n) is 11.9. The normalized spacial score (nSPS) is 19.0. The maximum Gasteiger partial charge on any atom is 0.335 e. The number of nitrogens with zero attached hydrogens (tertiary/aromatic N) is 2. The van der Waals surface area contributed by atoms with E-state index in [2.05, 4.69) is 29.2 Å². The number of fused-ring (bicyclic) bond motifs is 2. The zero-order valence-electron chi connectivity index (χ0n) is 19.5. The number of aromatic carboxylic acids is 1. The zero-order valence-corrected chi connectivity index (χ0v) is 19.5. The molecule has 0 unspecified atom stereocenters. The molecule has 2 aliphatic rings. The molecule has 4 aromatic rings. The Bertz CT molecular complexity index is 1500. The van der Waals surface area contributed by atoms with Crippen molar-refractivity contribution in [3.63, 3.8) is 0 Å². The molecule has 0 radical (unpaired) electrons. The molecule has 1 saturated heterocycles. The molecule has 0 amide bonds. The molecule has 0 saturated carbocycles. The number of ketones is 1. The number of rotatable bonds is 4. The van der Waals surface area contributed by atoms with Crippen molar-refractivity contribution in [3.8, 4) is 11.3 Å². The highest BCUT2D eigenvalue weighted by Gasteiger charge is 2.34. The summed E-state index contributed by atoms with van der Waals surface area (Å²) in [6, 6.07) is 16.0. The minimum absolute atomic E-state index is 0.106. The molecular weight excluding hydrogens is 442 g/mol. The van der Waals surface area contributed by atoms with Crippen molar-refractivity contribution in [2.24, 2.45) is 11.8 Å². The van der Waals surface area contributed by atoms with E-state index < -0.39 is 5.97 Å². The van der Waals surface area contributed by atoms with Crippen LogP contribution in [0.25, 0.3) is 22.2 Å². The second kappa shape index (κ2) is 7.98. The van der Waals surface area contributed by atoms with Crippen LogP contribution in [0.4, 0.5) is 17.1 Å². The predicted molar refractivity (Wildman–Crippen MR) is 135 cm³/mol. The van der Waals surface area contributed by atoms with Crippen molar-refractivity contribution in [2.75, 3.05) is 23.3 Å². The largest absolute Gasteiger partial charge is 0.478 e. The lowest BCUT2D eigenvalue weighted by Gasteiger charge is -2.37. The van der Waals surface area contributed by atoms with E-state index in [-0.39, 0.29) is 11.3 Å². The van der Waals surface area contributed by atoms with Gasteiger partial charge in [-0.3, -0.25) is 4.79 Å². The molecule has 0 spiro atoms. The zero-order chi connectivity index (χ0) is 24.3. The van der Waals surface area contributed by atoms with Gasteiger partial charge in [0.25, 0.3) is 0 Å². The lowest BCUT2D eigenvalue weighted by Crippen LogP contribution is -2.39. The van der Waals surface area contributed by atoms with Gasteiger partial charge in [0.05, 0.1) is 27.9 Å². The first kappa shape index (κ1) is 21.4. The summed E-state index contributed by atoms with van der Waals surface area (Å²) >= 11 is 0. The number of carbonyl (C=O) groups is 2. The summed E-state index contributed by atoms with van der Waals surface area (Å²) in [7, 11) is 0. The third kappa shape index (κ3) is 3.46. The molecule has 6 rings (SSSR count). The number of hydrogen-bond acceptors (Lipinski definition) is 6. The highest BCUT2D eigenvalue weighted by Crippen LogP contribution is 2.47. The average molecular weight is 468 g/mol. The van der Waals surface area contributed by atoms with Gasteiger partial charge in [-0.25, -0.2) is 4.79 Å². The monoisotopic (exact) mass is 467 g/mol. The Labute approximate surface area is 202 Å². The lowest BCUT2D eigenvalue weighted by atomic mass is 9.85. The van der Waals surface area contributed by atoms with Gasteiger partial charge < -0.3 is 19.8 Å². The van der Waals surface area contributed by atoms with Gasteiger partial charge in [0, 0.05) is 29.9 Å². The average Bonchev–Trinajstić information content (AvgIpc) is 3.27. The van der Waals surface area contributed by atoms with Gasteiger partial charge in [0.15, 0.2) is 11.5 Å². The van der Waals surface area contributed by atoms with Crippen molar-refractivity contribution in [3.05, 3.63) is 71.3 Å². The van der Waals surface area contributed by atoms with Crippen LogP contribution in [0.5, 0.6) is 0 Å². The summed E-state index contributed by atoms with van der Waals surface area (Å²) < 4.78 is 5.88. The van der Waals surface area contributed by atoms with Crippen LogP contribution < -0.4 is 10.2 Å². The number of carboxylic acid groups (broad SMARTS) is 1. The van der Waals surface area contributed by atoms with Crippen molar-refractivity contribution >= 4 is 39.7 Å². The predicted octanol–water partition coefficient (Wildman–Crippen LogP) is 5.96. The van der Waals surface area contributed by atoms with Gasteiger partial charge in [0.2, 0.25) is 0 Å². The minimum atomic E-state index is -1.01. The number of carboxylic acids is 1. The third-order valence-electron chi connectivity index (χ3n) is 6.98. The topological polar surface area (TPSA) is 95.7 Å². The van der Waals surface area contributed by atoms with Crippen LogP contribution in [0.3, 0.4) is 0 Å². The van der Waals surface area contributed by atoms with Gasteiger partial charge in [-0.2, -0.15) is 0 Å². The third-order valence-corrected chi connectivity index (χ3v) is 6.98. The highest BCUT2D eigenvalue weighted by molar-refractivity contribution is 6.28. The molecule has 0 bridgehead atoms. The van der Waals surface area contributed by atoms with Crippen LogP contribution in [-0.2, 0) is 0 Å². The molecule has 1 aliphatic heterocycles. The number of nitrogens with one attached hydrogen (secondary N) is 1. The number of carbonyl (C=O) groups excluding carboxylic acids is 1. The summed E-state index contributed by atoms with van der Waals surface area (Å²) in [5.41, 5.74) is 4.78. The fraction of sp³-hybridized carbons (Fsp3) is 0.250. The Morgan fingerprint density at radius 2 is 1.80 bits per heavy atom. The molecule has 2 heterocycles. The molecule has 7 nitrogen and oxygen atoms in total. The fourth-order valence-electron chi connectivity index (χ4n) is 5.63. The van der Waals surface area contributed by atoms with Crippen LogP contribution in [0.15, 0.2) is 59.1 Å². The molecule has 2 N–H and O–H groups in total. The van der Waals surface area contributed by atoms with Crippen molar-refractivity contribution < 1.29 is 19.2 Å². The summed E-state index contributed by atoms with van der Waals surface area (Å²) in [6.07, 6.45) is 1.17. The second-order valence-electron chi connectivity index (χ2n) is 9.79. The summed E-state index contributed by atoms with van der Waals surface area (Å²) in [4.78, 5) is 27.6. The Morgan fingerprint density at radius 1 is 1.06 bits per heavy atom. The van der Waals surface area contributed by atoms with E-state index in [1.165, 1.54) is 6.42 Å². The molecule has 1 fully saturated rings. The maximum atomic E-state index is 13.8. The molecule has 1 aliphatic carbocycles. The molecule has 7 heteroatoms. The van der Waals surface area contributed by atoms with E-state index in [0.29, 0.717) is 51.0 Å². The fourth-order valence-corrected chi connectivity index (χ4v) is 5.63. The molecular formula is C28H25N3O4. The summed E-state index contributed by atoms with van der Waals surface area (Å²) in [6.45, 7) is 6.28. The van der Waals surface area contributed by atoms with Crippen LogP contribution in [0.2, 0.25) is 0 Å². The smallest absolute Gasteiger partial charge is 0.335 e. The van der Waals surface area contributed by atoms with Gasteiger partial charge in [-0.15, -0.1) is 0 Å². The van der Waals surface area contributed by atoms with E-state index in [9.17, 15) is 14.7 Å². The standard InChI is InChI=1S/C28H25N3O4/c1-15-10-16(2)14-31(13-15)22-12-21(29-18-7-5-6-17(11-18)28(33)34)23-24-25(22)30-35-27(24)20-9-4-3-8-19(20)26(23)32/h3-9,11-12,15-16,29H,10,13-14H2,1-2H3,(H,33,34)/t15-,16-/m0/s1. The van der Waals surface area contributed by atoms with Crippen molar-refractivity contribution in [2.45, 2.75) is 20.3 Å². The molecule has 35 heavy (non-hydrogen) atoms. The van der Waals surface area contributed by atoms with Crippen LogP contribution >= 0.6 is 0 Å². The second-order valence-corrected chi connectivity index (χ2v) is 9.79. The number of benzene rings is 3. The Balaban J connectivity index is 1.58. The van der Waals surface area contributed by atoms with E-state index in [1.54, 1.807) is 30.3 Å². The van der Waals surface area contributed by atoms with Crippen LogP contribution in [0, 0.1) is 11.8 Å². The number of aromatic nitrogens is 1. The van der Waals surface area contributed by atoms with Gasteiger partial charge in [-0.1, -0.05) is 49.3 Å². The van der Waals surface area contributed by atoms with E-state index in [1.807, 2.05) is 24.3 Å². The van der Waals surface area contributed by atoms with Crippen LogP contribution in [-0.4, -0.2) is 35.1 Å². The summed E-state index contributed by atoms with van der Waals surface area (Å²) in [5, 5.41) is 17.9. The maximum absolute atomic E-state index is 13.8. The highest BCUT2D eigenvalue weighted by atomic mass is 16.5. The Hall–Kier alpha value is -4.13. The van der Waals surface area contributed by atoms with Crippen molar-refractivity contribution in [1.29, 1.82) is 0 Å². The minimum Gasteiger partial charge on any atom is -0.478 e. The molecule has 2 atom stereocenters. The van der Waals surface area contributed by atoms with Gasteiger partial charge in [0.1, 0.15) is 5.52 Å². The molecule has 1 aromatic heterocycles. The van der Waals surface area contributed by atoms with E-state index >= 15 is 0 Å². The lowest BCUT2D eigenvalue weighted by molar-refractivity contribution is 0.0696. The Kier molecular flexibility index (Phi) is 4.88. The molecule has 3 aromatic carbocycles. The number of hydrogen-bond donors (Lipinski definition) is 2. The SMILES string of the molecule is C[C@H]1C[C@H](C)CN(c2cc(Nc3cccc(C(=O)O)c3)c3c4c(onc24)-c2ccccc2C3=O)C1.